The fraction of sp³-hybridized carbons (Fsp3) is 0.143. The molecule has 1 unspecified atom stereocenters. The molecule has 180 valence electrons. The largest absolute Gasteiger partial charge is 0.497 e. The highest BCUT2D eigenvalue weighted by molar-refractivity contribution is 5.99. The Morgan fingerprint density at radius 3 is 2.39 bits per heavy atom. The Kier molecular flexibility index (Phi) is 4.86. The van der Waals surface area contributed by atoms with Crippen LogP contribution in [0, 0.1) is 5.82 Å². The van der Waals surface area contributed by atoms with E-state index < -0.39 is 17.3 Å². The van der Waals surface area contributed by atoms with Gasteiger partial charge >= 0.3 is 5.69 Å². The number of hydrogen-bond donors (Lipinski definition) is 1. The van der Waals surface area contributed by atoms with Crippen molar-refractivity contribution >= 4 is 16.6 Å². The number of nitrogens with one attached hydrogen (secondary N) is 1. The lowest BCUT2D eigenvalue weighted by Gasteiger charge is -2.31. The topological polar surface area (TPSA) is 70.2 Å². The zero-order valence-electron chi connectivity index (χ0n) is 19.9. The second-order valence-electron chi connectivity index (χ2n) is 8.88. The van der Waals surface area contributed by atoms with Gasteiger partial charge in [-0.05, 0) is 59.7 Å². The van der Waals surface area contributed by atoms with Crippen LogP contribution in [0.4, 0.5) is 10.1 Å². The first kappa shape index (κ1) is 21.9. The number of ether oxygens (including phenoxy) is 1. The number of nitrogens with zero attached hydrogens (tertiary/aromatic N) is 3. The van der Waals surface area contributed by atoms with Crippen molar-refractivity contribution in [2.75, 3.05) is 12.4 Å². The van der Waals surface area contributed by atoms with E-state index in [1.807, 2.05) is 59.2 Å². The molecule has 1 atom stereocenters. The molecule has 0 saturated heterocycles. The van der Waals surface area contributed by atoms with Crippen molar-refractivity contribution < 1.29 is 9.13 Å². The molecule has 1 N–H and O–H groups in total. The SMILES string of the molecule is COc1ccc(-c2c3c(=O)n(C)c(=O)n(C)c3c3n2-c2ccccc2NC3c2cccc(F)c2)cc1. The summed E-state index contributed by atoms with van der Waals surface area (Å²) in [6.45, 7) is 0. The van der Waals surface area contributed by atoms with Crippen LogP contribution in [0.15, 0.2) is 82.4 Å². The minimum Gasteiger partial charge on any atom is -0.497 e. The number of anilines is 1. The number of aryl methyl sites for hydroxylation is 1. The Labute approximate surface area is 205 Å². The van der Waals surface area contributed by atoms with Crippen LogP contribution in [0.2, 0.25) is 0 Å². The minimum absolute atomic E-state index is 0.365. The quantitative estimate of drug-likeness (QED) is 0.415. The van der Waals surface area contributed by atoms with Crippen LogP contribution >= 0.6 is 0 Å². The summed E-state index contributed by atoms with van der Waals surface area (Å²) in [6.07, 6.45) is 0. The molecule has 1 aliphatic heterocycles. The zero-order chi connectivity index (χ0) is 25.1. The lowest BCUT2D eigenvalue weighted by Crippen LogP contribution is -2.37. The Balaban J connectivity index is 1.84. The van der Waals surface area contributed by atoms with Crippen molar-refractivity contribution in [3.05, 3.63) is 111 Å². The highest BCUT2D eigenvalue weighted by Crippen LogP contribution is 2.45. The summed E-state index contributed by atoms with van der Waals surface area (Å²) in [5.74, 6) is 0.323. The van der Waals surface area contributed by atoms with Crippen LogP contribution in [0.25, 0.3) is 27.8 Å². The number of fused-ring (bicyclic) bond motifs is 5. The summed E-state index contributed by atoms with van der Waals surface area (Å²) in [6, 6.07) is 21.1. The maximum atomic E-state index is 14.4. The maximum absolute atomic E-state index is 14.4. The molecule has 0 bridgehead atoms. The molecule has 0 spiro atoms. The van der Waals surface area contributed by atoms with Gasteiger partial charge in [0, 0.05) is 14.1 Å². The number of halogens is 1. The second-order valence-corrected chi connectivity index (χ2v) is 8.88. The molecule has 0 saturated carbocycles. The van der Waals surface area contributed by atoms with E-state index in [1.165, 1.54) is 23.7 Å². The number of methoxy groups -OCH3 is 1. The van der Waals surface area contributed by atoms with Gasteiger partial charge in [-0.15, -0.1) is 0 Å². The van der Waals surface area contributed by atoms with Crippen LogP contribution in [0.1, 0.15) is 17.3 Å². The molecule has 8 heteroatoms. The molecule has 6 rings (SSSR count). The molecule has 3 heterocycles. The first-order chi connectivity index (χ1) is 17.4. The van der Waals surface area contributed by atoms with Crippen LogP contribution in [-0.4, -0.2) is 20.8 Å². The van der Waals surface area contributed by atoms with E-state index in [0.29, 0.717) is 33.6 Å². The second kappa shape index (κ2) is 7.98. The lowest BCUT2D eigenvalue weighted by molar-refractivity contribution is 0.415. The molecular formula is C28H23FN4O3. The van der Waals surface area contributed by atoms with Gasteiger partial charge in [0.2, 0.25) is 0 Å². The van der Waals surface area contributed by atoms with Crippen molar-refractivity contribution in [2.24, 2.45) is 14.1 Å². The molecule has 0 radical (unpaired) electrons. The summed E-state index contributed by atoms with van der Waals surface area (Å²) in [5.41, 5.74) is 4.16. The molecular weight excluding hydrogens is 459 g/mol. The van der Waals surface area contributed by atoms with Gasteiger partial charge < -0.3 is 14.6 Å². The summed E-state index contributed by atoms with van der Waals surface area (Å²) in [5, 5.41) is 3.94. The fourth-order valence-corrected chi connectivity index (χ4v) is 5.18. The molecule has 0 fully saturated rings. The Hall–Kier alpha value is -4.59. The first-order valence-electron chi connectivity index (χ1n) is 11.5. The van der Waals surface area contributed by atoms with E-state index in [0.717, 1.165) is 21.5 Å². The van der Waals surface area contributed by atoms with Crippen molar-refractivity contribution in [3.8, 4) is 22.7 Å². The zero-order valence-corrected chi connectivity index (χ0v) is 19.9. The van der Waals surface area contributed by atoms with Gasteiger partial charge in [0.25, 0.3) is 5.56 Å². The third-order valence-electron chi connectivity index (χ3n) is 6.87. The Morgan fingerprint density at radius 1 is 0.917 bits per heavy atom. The average Bonchev–Trinajstić information content (AvgIpc) is 3.27. The van der Waals surface area contributed by atoms with Gasteiger partial charge in [0.1, 0.15) is 11.6 Å². The summed E-state index contributed by atoms with van der Waals surface area (Å²) in [4.78, 5) is 26.8. The van der Waals surface area contributed by atoms with Gasteiger partial charge in [-0.3, -0.25) is 13.9 Å². The molecule has 2 aromatic heterocycles. The molecule has 36 heavy (non-hydrogen) atoms. The van der Waals surface area contributed by atoms with E-state index in [4.69, 9.17) is 4.74 Å². The van der Waals surface area contributed by atoms with E-state index >= 15 is 0 Å². The lowest BCUT2D eigenvalue weighted by atomic mass is 9.99. The van der Waals surface area contributed by atoms with E-state index in [1.54, 1.807) is 20.2 Å². The van der Waals surface area contributed by atoms with Crippen molar-refractivity contribution in [3.63, 3.8) is 0 Å². The van der Waals surface area contributed by atoms with Gasteiger partial charge in [0.05, 0.1) is 46.8 Å². The first-order valence-corrected chi connectivity index (χ1v) is 11.5. The number of rotatable bonds is 3. The third-order valence-corrected chi connectivity index (χ3v) is 6.87. The number of benzene rings is 3. The summed E-state index contributed by atoms with van der Waals surface area (Å²) >= 11 is 0. The molecule has 0 aliphatic carbocycles. The van der Waals surface area contributed by atoms with Gasteiger partial charge in [-0.25, -0.2) is 9.18 Å². The van der Waals surface area contributed by atoms with E-state index in [2.05, 4.69) is 5.32 Å². The predicted octanol–water partition coefficient (Wildman–Crippen LogP) is 4.36. The van der Waals surface area contributed by atoms with Gasteiger partial charge in [-0.2, -0.15) is 0 Å². The van der Waals surface area contributed by atoms with Gasteiger partial charge in [0.15, 0.2) is 0 Å². The summed E-state index contributed by atoms with van der Waals surface area (Å²) < 4.78 is 24.3. The monoisotopic (exact) mass is 482 g/mol. The molecule has 0 amide bonds. The van der Waals surface area contributed by atoms with Crippen LogP contribution in [0.3, 0.4) is 0 Å². The minimum atomic E-state index is -0.511. The maximum Gasteiger partial charge on any atom is 0.331 e. The van der Waals surface area contributed by atoms with Gasteiger partial charge in [-0.1, -0.05) is 24.3 Å². The van der Waals surface area contributed by atoms with Crippen LogP contribution in [-0.2, 0) is 14.1 Å². The molecule has 3 aromatic carbocycles. The molecule has 5 aromatic rings. The highest BCUT2D eigenvalue weighted by Gasteiger charge is 2.34. The smallest absolute Gasteiger partial charge is 0.331 e. The number of aromatic nitrogens is 3. The van der Waals surface area contributed by atoms with Crippen LogP contribution < -0.4 is 21.3 Å². The van der Waals surface area contributed by atoms with Crippen molar-refractivity contribution in [1.29, 1.82) is 0 Å². The third kappa shape index (κ3) is 3.04. The Bertz CT molecular complexity index is 1780. The molecule has 7 nitrogen and oxygen atoms in total. The van der Waals surface area contributed by atoms with E-state index in [9.17, 15) is 14.0 Å². The normalized spacial score (nSPS) is 14.3. The number of para-hydroxylation sites is 2. The molecule has 1 aliphatic rings. The van der Waals surface area contributed by atoms with Crippen LogP contribution in [0.5, 0.6) is 5.75 Å². The highest BCUT2D eigenvalue weighted by atomic mass is 19.1. The van der Waals surface area contributed by atoms with Crippen molar-refractivity contribution in [2.45, 2.75) is 6.04 Å². The summed E-state index contributed by atoms with van der Waals surface area (Å²) in [7, 11) is 4.74. The van der Waals surface area contributed by atoms with E-state index in [-0.39, 0.29) is 5.82 Å². The number of hydrogen-bond acceptors (Lipinski definition) is 4. The Morgan fingerprint density at radius 2 is 1.67 bits per heavy atom. The predicted molar refractivity (Wildman–Crippen MR) is 138 cm³/mol. The average molecular weight is 483 g/mol. The van der Waals surface area contributed by atoms with Crippen molar-refractivity contribution in [1.82, 2.24) is 13.7 Å². The fourth-order valence-electron chi connectivity index (χ4n) is 5.18. The standard InChI is InChI=1S/C28H23FN4O3/c1-31-25-22(27(34)32(2)28(31)35)24(16-11-13-19(36-3)14-12-16)33-21-10-5-4-9-20(21)30-23(26(25)33)17-7-6-8-18(29)15-17/h4-15,23,30H,1-3H3.